The fraction of sp³-hybridized carbons (Fsp3) is 0.714. The highest BCUT2D eigenvalue weighted by atomic mass is 16.5. The molecule has 1 heterocycles. The summed E-state index contributed by atoms with van der Waals surface area (Å²) in [6, 6.07) is 7.09. The van der Waals surface area contributed by atoms with Crippen molar-refractivity contribution >= 4 is 11.8 Å². The standard InChI is InChI=1S/C35H46N2O5/c38-8-7-36-34(41)27-15-28(32(40)33-31(27)26-3-1-2-4-29(26)42-33)37(30(39)14-25-13-20-5-6-24(25)12-20)19-35-16-21-9-22(17-35)11-23(10-21)18-35/h1-4,15,20-25,28,31-33,38,40H,5-14,16-19H2,(H,36,41)/t20?,21?,22?,23?,24?,25?,28-,31+,32+,33+,35?/m1/s1. The van der Waals surface area contributed by atoms with Crippen molar-refractivity contribution in [2.24, 2.45) is 40.9 Å². The molecule has 8 aliphatic rings. The van der Waals surface area contributed by atoms with E-state index in [0.29, 0.717) is 36.1 Å². The number of carbonyl (C=O) groups excluding carboxylic acids is 2. The van der Waals surface area contributed by atoms with Crippen LogP contribution in [0.3, 0.4) is 0 Å². The lowest BCUT2D eigenvalue weighted by molar-refractivity contribution is -0.146. The van der Waals surface area contributed by atoms with Crippen LogP contribution in [0.4, 0.5) is 0 Å². The lowest BCUT2D eigenvalue weighted by Crippen LogP contribution is -2.60. The molecule has 226 valence electrons. The quantitative estimate of drug-likeness (QED) is 0.433. The van der Waals surface area contributed by atoms with Crippen molar-refractivity contribution in [2.75, 3.05) is 19.7 Å². The van der Waals surface area contributed by atoms with Gasteiger partial charge in [-0.2, -0.15) is 0 Å². The van der Waals surface area contributed by atoms with E-state index in [2.05, 4.69) is 5.32 Å². The van der Waals surface area contributed by atoms with Crippen molar-refractivity contribution < 1.29 is 24.5 Å². The van der Waals surface area contributed by atoms with Gasteiger partial charge in [0.25, 0.3) is 0 Å². The molecule has 7 atom stereocenters. The Morgan fingerprint density at radius 1 is 0.976 bits per heavy atom. The zero-order valence-electron chi connectivity index (χ0n) is 24.6. The molecule has 3 unspecified atom stereocenters. The lowest BCUT2D eigenvalue weighted by Gasteiger charge is -2.58. The molecule has 0 aromatic heterocycles. The molecule has 7 aliphatic carbocycles. The highest BCUT2D eigenvalue weighted by Gasteiger charge is 2.55. The Bertz CT molecular complexity index is 1240. The first-order chi connectivity index (χ1) is 20.4. The minimum Gasteiger partial charge on any atom is -0.486 e. The second-order valence-electron chi connectivity index (χ2n) is 15.3. The molecular weight excluding hydrogens is 528 g/mol. The molecule has 9 rings (SSSR count). The van der Waals surface area contributed by atoms with Gasteiger partial charge in [0.2, 0.25) is 11.8 Å². The van der Waals surface area contributed by atoms with Crippen LogP contribution < -0.4 is 10.1 Å². The smallest absolute Gasteiger partial charge is 0.247 e. The van der Waals surface area contributed by atoms with Gasteiger partial charge in [-0.25, -0.2) is 0 Å². The molecule has 7 nitrogen and oxygen atoms in total. The molecule has 2 amide bonds. The maximum Gasteiger partial charge on any atom is 0.247 e. The SMILES string of the molecule is O=C(NCCO)C1=C[C@@H](N(CC23CC4CC(CC(C4)C2)C3)C(=O)CC2CC3CCC2C3)[C@H](O)[C@H]2Oc3ccccc3[C@@H]12. The van der Waals surface area contributed by atoms with Gasteiger partial charge in [-0.1, -0.05) is 24.6 Å². The molecule has 6 bridgehead atoms. The van der Waals surface area contributed by atoms with Crippen LogP contribution in [0.1, 0.15) is 82.1 Å². The number of benzene rings is 1. The number of ether oxygens (including phenoxy) is 1. The van der Waals surface area contributed by atoms with Gasteiger partial charge in [0.05, 0.1) is 18.6 Å². The number of aliphatic hydroxyl groups is 2. The van der Waals surface area contributed by atoms with Gasteiger partial charge in [-0.15, -0.1) is 0 Å². The molecule has 0 saturated heterocycles. The van der Waals surface area contributed by atoms with E-state index in [4.69, 9.17) is 4.74 Å². The van der Waals surface area contributed by atoms with Crippen LogP contribution in [0.25, 0.3) is 0 Å². The third-order valence-corrected chi connectivity index (χ3v) is 12.5. The number of aliphatic hydroxyl groups excluding tert-OH is 2. The van der Waals surface area contributed by atoms with Crippen LogP contribution >= 0.6 is 0 Å². The number of rotatable bonds is 8. The molecule has 42 heavy (non-hydrogen) atoms. The Balaban J connectivity index is 1.15. The first kappa shape index (κ1) is 27.2. The summed E-state index contributed by atoms with van der Waals surface area (Å²) in [5.74, 6) is 4.34. The molecule has 1 aromatic carbocycles. The molecule has 3 N–H and O–H groups in total. The number of fused-ring (bicyclic) bond motifs is 5. The second-order valence-corrected chi connectivity index (χ2v) is 15.3. The van der Waals surface area contributed by atoms with Gasteiger partial charge in [0.15, 0.2) is 0 Å². The predicted molar refractivity (Wildman–Crippen MR) is 157 cm³/mol. The molecule has 1 aromatic rings. The first-order valence-electron chi connectivity index (χ1n) is 16.7. The molecule has 1 aliphatic heterocycles. The monoisotopic (exact) mass is 574 g/mol. The van der Waals surface area contributed by atoms with Gasteiger partial charge >= 0.3 is 0 Å². The summed E-state index contributed by atoms with van der Waals surface area (Å²) in [5, 5.41) is 24.3. The molecule has 0 radical (unpaired) electrons. The summed E-state index contributed by atoms with van der Waals surface area (Å²) >= 11 is 0. The summed E-state index contributed by atoms with van der Waals surface area (Å²) in [6.45, 7) is 0.681. The molecule has 6 fully saturated rings. The van der Waals surface area contributed by atoms with Crippen molar-refractivity contribution in [3.05, 3.63) is 41.5 Å². The third kappa shape index (κ3) is 4.52. The van der Waals surface area contributed by atoms with Gasteiger partial charge in [0.1, 0.15) is 18.0 Å². The average Bonchev–Trinajstić information content (AvgIpc) is 3.69. The lowest BCUT2D eigenvalue weighted by atomic mass is 9.49. The van der Waals surface area contributed by atoms with E-state index in [9.17, 15) is 19.8 Å². The first-order valence-corrected chi connectivity index (χ1v) is 16.7. The third-order valence-electron chi connectivity index (χ3n) is 12.5. The number of para-hydroxylation sites is 1. The summed E-state index contributed by atoms with van der Waals surface area (Å²) in [4.78, 5) is 30.1. The number of nitrogens with one attached hydrogen (secondary N) is 1. The average molecular weight is 575 g/mol. The van der Waals surface area contributed by atoms with Crippen LogP contribution in [-0.4, -0.2) is 64.9 Å². The van der Waals surface area contributed by atoms with Crippen LogP contribution in [0.2, 0.25) is 0 Å². The minimum atomic E-state index is -0.935. The molecule has 0 spiro atoms. The highest BCUT2D eigenvalue weighted by molar-refractivity contribution is 5.96. The van der Waals surface area contributed by atoms with E-state index in [1.54, 1.807) is 0 Å². The van der Waals surface area contributed by atoms with Gasteiger partial charge in [0, 0.05) is 30.6 Å². The van der Waals surface area contributed by atoms with Crippen LogP contribution in [0.5, 0.6) is 5.75 Å². The highest BCUT2D eigenvalue weighted by Crippen LogP contribution is 2.61. The summed E-state index contributed by atoms with van der Waals surface area (Å²) < 4.78 is 6.38. The van der Waals surface area contributed by atoms with Crippen LogP contribution in [0.15, 0.2) is 35.9 Å². The van der Waals surface area contributed by atoms with E-state index in [1.807, 2.05) is 35.2 Å². The van der Waals surface area contributed by atoms with Crippen molar-refractivity contribution in [3.63, 3.8) is 0 Å². The summed E-state index contributed by atoms with van der Waals surface area (Å²) in [7, 11) is 0. The minimum absolute atomic E-state index is 0.113. The Morgan fingerprint density at radius 3 is 2.38 bits per heavy atom. The number of nitrogens with zero attached hydrogens (tertiary/aromatic N) is 1. The number of amides is 2. The zero-order valence-corrected chi connectivity index (χ0v) is 24.6. The molecular formula is C35H46N2O5. The van der Waals surface area contributed by atoms with Crippen molar-refractivity contribution in [1.82, 2.24) is 10.2 Å². The predicted octanol–water partition coefficient (Wildman–Crippen LogP) is 4.18. The van der Waals surface area contributed by atoms with Crippen molar-refractivity contribution in [1.29, 1.82) is 0 Å². The van der Waals surface area contributed by atoms with Crippen LogP contribution in [0, 0.1) is 40.9 Å². The fourth-order valence-corrected chi connectivity index (χ4v) is 11.4. The maximum absolute atomic E-state index is 14.5. The number of carbonyl (C=O) groups is 2. The Morgan fingerprint density at radius 2 is 1.71 bits per heavy atom. The van der Waals surface area contributed by atoms with E-state index >= 15 is 0 Å². The zero-order chi connectivity index (χ0) is 28.6. The normalized spacial score (nSPS) is 42.1. The topological polar surface area (TPSA) is 99.1 Å². The van der Waals surface area contributed by atoms with Gasteiger partial charge < -0.3 is 25.2 Å². The summed E-state index contributed by atoms with van der Waals surface area (Å²) in [5.41, 5.74) is 1.55. The summed E-state index contributed by atoms with van der Waals surface area (Å²) in [6.07, 6.45) is 13.4. The van der Waals surface area contributed by atoms with Crippen molar-refractivity contribution in [2.45, 2.75) is 94.8 Å². The Hall–Kier alpha value is -2.38. The fourth-order valence-electron chi connectivity index (χ4n) is 11.4. The number of hydrogen-bond donors (Lipinski definition) is 3. The largest absolute Gasteiger partial charge is 0.486 e. The van der Waals surface area contributed by atoms with E-state index in [1.165, 1.54) is 57.8 Å². The van der Waals surface area contributed by atoms with Gasteiger partial charge in [-0.3, -0.25) is 9.59 Å². The van der Waals surface area contributed by atoms with Crippen LogP contribution in [-0.2, 0) is 9.59 Å². The number of hydrogen-bond acceptors (Lipinski definition) is 5. The molecule has 6 saturated carbocycles. The molecule has 7 heteroatoms. The Kier molecular flexibility index (Phi) is 6.71. The second kappa shape index (κ2) is 10.4. The van der Waals surface area contributed by atoms with E-state index in [-0.39, 0.29) is 30.4 Å². The van der Waals surface area contributed by atoms with E-state index in [0.717, 1.165) is 35.7 Å². The van der Waals surface area contributed by atoms with E-state index < -0.39 is 24.2 Å². The maximum atomic E-state index is 14.5. The Labute approximate surface area is 249 Å². The van der Waals surface area contributed by atoms with Gasteiger partial charge in [-0.05, 0) is 111 Å². The van der Waals surface area contributed by atoms with Crippen molar-refractivity contribution in [3.8, 4) is 5.75 Å².